The second kappa shape index (κ2) is 5.39. The van der Waals surface area contributed by atoms with E-state index in [4.69, 9.17) is 22.1 Å². The average molecular weight is 280 g/mol. The molecule has 3 rings (SSSR count). The smallest absolute Gasteiger partial charge is 0.192 e. The van der Waals surface area contributed by atoms with Crippen molar-refractivity contribution >= 4 is 17.6 Å². The van der Waals surface area contributed by atoms with Crippen LogP contribution in [0.3, 0.4) is 0 Å². The van der Waals surface area contributed by atoms with Gasteiger partial charge in [-0.3, -0.25) is 4.99 Å². The van der Waals surface area contributed by atoms with Crippen LogP contribution in [0.1, 0.15) is 24.4 Å². The Labute approximate surface area is 118 Å². The van der Waals surface area contributed by atoms with E-state index in [1.807, 2.05) is 24.3 Å². The predicted molar refractivity (Wildman–Crippen MR) is 76.4 cm³/mol. The summed E-state index contributed by atoms with van der Waals surface area (Å²) in [6.07, 6.45) is 2.53. The summed E-state index contributed by atoms with van der Waals surface area (Å²) in [7, 11) is 0. The predicted octanol–water partition coefficient (Wildman–Crippen LogP) is 2.19. The Kier molecular flexibility index (Phi) is 3.62. The first-order chi connectivity index (χ1) is 9.24. The highest BCUT2D eigenvalue weighted by Crippen LogP contribution is 2.28. The van der Waals surface area contributed by atoms with Gasteiger partial charge in [0.1, 0.15) is 0 Å². The third-order valence-corrected chi connectivity index (χ3v) is 4.03. The first-order valence-electron chi connectivity index (χ1n) is 6.67. The molecule has 19 heavy (non-hydrogen) atoms. The number of nitrogens with zero attached hydrogens (tertiary/aromatic N) is 2. The van der Waals surface area contributed by atoms with Gasteiger partial charge in [-0.1, -0.05) is 23.7 Å². The molecule has 2 atom stereocenters. The topological polar surface area (TPSA) is 50.8 Å². The molecule has 0 amide bonds. The normalized spacial score (nSPS) is 26.8. The van der Waals surface area contributed by atoms with Crippen molar-refractivity contribution in [1.82, 2.24) is 4.90 Å². The van der Waals surface area contributed by atoms with Crippen molar-refractivity contribution in [3.8, 4) is 0 Å². The number of guanidine groups is 1. The van der Waals surface area contributed by atoms with E-state index in [9.17, 15) is 0 Å². The number of rotatable bonds is 3. The van der Waals surface area contributed by atoms with Gasteiger partial charge in [0.25, 0.3) is 0 Å². The Morgan fingerprint density at radius 3 is 2.84 bits per heavy atom. The Morgan fingerprint density at radius 1 is 1.37 bits per heavy atom. The fraction of sp³-hybridized carbons (Fsp3) is 0.500. The van der Waals surface area contributed by atoms with Crippen molar-refractivity contribution in [2.45, 2.75) is 25.0 Å². The molecule has 2 aliphatic rings. The molecule has 102 valence electrons. The molecule has 0 bridgehead atoms. The van der Waals surface area contributed by atoms with Crippen molar-refractivity contribution in [3.05, 3.63) is 34.9 Å². The summed E-state index contributed by atoms with van der Waals surface area (Å²) in [5, 5.41) is 0.751. The van der Waals surface area contributed by atoms with Gasteiger partial charge in [0.15, 0.2) is 5.96 Å². The molecule has 1 aromatic carbocycles. The van der Waals surface area contributed by atoms with Crippen LogP contribution in [0.2, 0.25) is 5.02 Å². The maximum absolute atomic E-state index is 6.01. The Bertz CT molecular complexity index is 468. The maximum atomic E-state index is 6.01. The Balaban J connectivity index is 1.75. The molecule has 2 heterocycles. The third-order valence-electron chi connectivity index (χ3n) is 3.78. The van der Waals surface area contributed by atoms with Crippen molar-refractivity contribution in [2.24, 2.45) is 10.7 Å². The fourth-order valence-corrected chi connectivity index (χ4v) is 2.85. The van der Waals surface area contributed by atoms with Crippen molar-refractivity contribution in [2.75, 3.05) is 19.7 Å². The number of nitrogens with two attached hydrogens (primary N) is 1. The van der Waals surface area contributed by atoms with E-state index in [1.54, 1.807) is 0 Å². The summed E-state index contributed by atoms with van der Waals surface area (Å²) in [5.74, 6) is 0.621. The van der Waals surface area contributed by atoms with Crippen molar-refractivity contribution in [1.29, 1.82) is 0 Å². The van der Waals surface area contributed by atoms with E-state index in [-0.39, 0.29) is 12.1 Å². The van der Waals surface area contributed by atoms with Gasteiger partial charge in [-0.2, -0.15) is 0 Å². The minimum atomic E-state index is 0.210. The SMILES string of the molecule is NC1=NCC(c2ccc(Cl)cc2)N1CC1CCCO1. The van der Waals surface area contributed by atoms with Crippen LogP contribution in [-0.2, 0) is 4.74 Å². The minimum absolute atomic E-state index is 0.210. The molecule has 0 saturated carbocycles. The second-order valence-electron chi connectivity index (χ2n) is 5.05. The lowest BCUT2D eigenvalue weighted by molar-refractivity contribution is 0.0853. The maximum Gasteiger partial charge on any atom is 0.192 e. The summed E-state index contributed by atoms with van der Waals surface area (Å²) in [5.41, 5.74) is 7.21. The van der Waals surface area contributed by atoms with E-state index in [1.165, 1.54) is 5.56 Å². The number of halogens is 1. The highest BCUT2D eigenvalue weighted by atomic mass is 35.5. The van der Waals surface area contributed by atoms with Crippen LogP contribution in [0.25, 0.3) is 0 Å². The summed E-state index contributed by atoms with van der Waals surface area (Å²) < 4.78 is 5.69. The van der Waals surface area contributed by atoms with E-state index in [2.05, 4.69) is 9.89 Å². The average Bonchev–Trinajstić information content (AvgIpc) is 3.03. The summed E-state index contributed by atoms with van der Waals surface area (Å²) in [6, 6.07) is 8.12. The summed E-state index contributed by atoms with van der Waals surface area (Å²) >= 11 is 5.93. The molecule has 1 aromatic rings. The zero-order chi connectivity index (χ0) is 13.2. The van der Waals surface area contributed by atoms with Gasteiger partial charge in [-0.15, -0.1) is 0 Å². The molecular weight excluding hydrogens is 262 g/mol. The molecule has 5 heteroatoms. The molecular formula is C14H18ClN3O. The van der Waals surface area contributed by atoms with Crippen LogP contribution in [0.5, 0.6) is 0 Å². The van der Waals surface area contributed by atoms with Crippen LogP contribution in [-0.4, -0.2) is 36.7 Å². The number of hydrogen-bond donors (Lipinski definition) is 1. The molecule has 0 aromatic heterocycles. The van der Waals surface area contributed by atoms with Crippen LogP contribution in [0.4, 0.5) is 0 Å². The number of benzene rings is 1. The fourth-order valence-electron chi connectivity index (χ4n) is 2.73. The van der Waals surface area contributed by atoms with Crippen LogP contribution < -0.4 is 5.73 Å². The molecule has 1 fully saturated rings. The standard InChI is InChI=1S/C14H18ClN3O/c15-11-5-3-10(4-6-11)13-8-17-14(16)18(13)9-12-2-1-7-19-12/h3-6,12-13H,1-2,7-9H2,(H2,16,17). The molecule has 2 unspecified atom stereocenters. The largest absolute Gasteiger partial charge is 0.376 e. The minimum Gasteiger partial charge on any atom is -0.376 e. The third kappa shape index (κ3) is 2.69. The lowest BCUT2D eigenvalue weighted by Crippen LogP contribution is -2.41. The number of aliphatic imine (C=N–C) groups is 1. The van der Waals surface area contributed by atoms with Crippen LogP contribution in [0.15, 0.2) is 29.3 Å². The monoisotopic (exact) mass is 279 g/mol. The second-order valence-corrected chi connectivity index (χ2v) is 5.49. The van der Waals surface area contributed by atoms with Crippen molar-refractivity contribution in [3.63, 3.8) is 0 Å². The molecule has 0 aliphatic carbocycles. The van der Waals surface area contributed by atoms with E-state index in [0.29, 0.717) is 12.5 Å². The molecule has 2 N–H and O–H groups in total. The molecule has 0 spiro atoms. The van der Waals surface area contributed by atoms with Gasteiger partial charge >= 0.3 is 0 Å². The van der Waals surface area contributed by atoms with E-state index in [0.717, 1.165) is 31.0 Å². The molecule has 0 radical (unpaired) electrons. The summed E-state index contributed by atoms with van der Waals surface area (Å²) in [6.45, 7) is 2.39. The van der Waals surface area contributed by atoms with Gasteiger partial charge in [0, 0.05) is 18.2 Å². The van der Waals surface area contributed by atoms with Gasteiger partial charge in [0.2, 0.25) is 0 Å². The van der Waals surface area contributed by atoms with Crippen molar-refractivity contribution < 1.29 is 4.74 Å². The van der Waals surface area contributed by atoms with Gasteiger partial charge < -0.3 is 15.4 Å². The summed E-state index contributed by atoms with van der Waals surface area (Å²) in [4.78, 5) is 6.52. The highest BCUT2D eigenvalue weighted by molar-refractivity contribution is 6.30. The quantitative estimate of drug-likeness (QED) is 0.923. The Morgan fingerprint density at radius 2 is 2.16 bits per heavy atom. The Hall–Kier alpha value is -1.26. The zero-order valence-corrected chi connectivity index (χ0v) is 11.5. The number of ether oxygens (including phenoxy) is 1. The van der Waals surface area contributed by atoms with Gasteiger partial charge in [-0.05, 0) is 30.5 Å². The van der Waals surface area contributed by atoms with E-state index < -0.39 is 0 Å². The lowest BCUT2D eigenvalue weighted by atomic mass is 10.1. The van der Waals surface area contributed by atoms with Crippen LogP contribution in [0, 0.1) is 0 Å². The van der Waals surface area contributed by atoms with Gasteiger partial charge in [-0.25, -0.2) is 0 Å². The molecule has 4 nitrogen and oxygen atoms in total. The molecule has 1 saturated heterocycles. The van der Waals surface area contributed by atoms with E-state index >= 15 is 0 Å². The first-order valence-corrected chi connectivity index (χ1v) is 7.05. The van der Waals surface area contributed by atoms with Gasteiger partial charge in [0.05, 0.1) is 18.7 Å². The number of hydrogen-bond acceptors (Lipinski definition) is 4. The first kappa shape index (κ1) is 12.8. The highest BCUT2D eigenvalue weighted by Gasteiger charge is 2.30. The lowest BCUT2D eigenvalue weighted by Gasteiger charge is -2.28. The molecule has 2 aliphatic heterocycles. The zero-order valence-electron chi connectivity index (χ0n) is 10.8. The van der Waals surface area contributed by atoms with Crippen LogP contribution >= 0.6 is 11.6 Å².